The van der Waals surface area contributed by atoms with Gasteiger partial charge in [-0.05, 0) is 0 Å². The Bertz CT molecular complexity index is 376. The van der Waals surface area contributed by atoms with Crippen LogP contribution in [-0.4, -0.2) is 47.6 Å². The highest BCUT2D eigenvalue weighted by molar-refractivity contribution is 5.85. The minimum Gasteiger partial charge on any atom is -0.463 e. The van der Waals surface area contributed by atoms with Gasteiger partial charge in [-0.1, -0.05) is 0 Å². The van der Waals surface area contributed by atoms with E-state index in [0.29, 0.717) is 13.1 Å². The van der Waals surface area contributed by atoms with Crippen LogP contribution in [0.1, 0.15) is 10.6 Å². The lowest BCUT2D eigenvalue weighted by Crippen LogP contribution is -2.27. The lowest BCUT2D eigenvalue weighted by Gasteiger charge is -2.05. The Kier molecular flexibility index (Phi) is 4.25. The number of carbonyl (C=O) groups excluding carboxylic acids is 2. The van der Waals surface area contributed by atoms with Crippen molar-refractivity contribution in [1.82, 2.24) is 20.1 Å². The first-order valence-corrected chi connectivity index (χ1v) is 4.47. The zero-order valence-electron chi connectivity index (χ0n) is 8.97. The van der Waals surface area contributed by atoms with E-state index in [4.69, 9.17) is 0 Å². The number of alkyl carbamates (subject to hydrolysis) is 1. The van der Waals surface area contributed by atoms with Crippen LogP contribution in [0.15, 0.2) is 6.33 Å². The van der Waals surface area contributed by atoms with E-state index in [-0.39, 0.29) is 5.82 Å². The molecule has 0 saturated heterocycles. The number of hydrogen-bond donors (Lipinski definition) is 1. The van der Waals surface area contributed by atoms with Gasteiger partial charge >= 0.3 is 12.1 Å². The zero-order chi connectivity index (χ0) is 12.0. The fraction of sp³-hybridized carbons (Fsp3) is 0.500. The lowest BCUT2D eigenvalue weighted by molar-refractivity contribution is 0.0580. The average Bonchev–Trinajstić information content (AvgIpc) is 2.76. The maximum Gasteiger partial charge on any atom is 0.406 e. The summed E-state index contributed by atoms with van der Waals surface area (Å²) in [6.45, 7) is 0.654. The third-order valence-electron chi connectivity index (χ3n) is 1.79. The van der Waals surface area contributed by atoms with Crippen molar-refractivity contribution in [2.24, 2.45) is 0 Å². The number of ether oxygens (including phenoxy) is 2. The van der Waals surface area contributed by atoms with Crippen LogP contribution in [0.3, 0.4) is 0 Å². The molecule has 0 saturated carbocycles. The molecule has 88 valence electrons. The number of nitrogens with zero attached hydrogens (tertiary/aromatic N) is 3. The Labute approximate surface area is 91.5 Å². The fourth-order valence-electron chi connectivity index (χ4n) is 1.02. The van der Waals surface area contributed by atoms with E-state index in [0.717, 1.165) is 0 Å². The third kappa shape index (κ3) is 2.94. The van der Waals surface area contributed by atoms with Crippen LogP contribution in [0, 0.1) is 0 Å². The Hall–Kier alpha value is -2.12. The molecule has 1 rings (SSSR count). The summed E-state index contributed by atoms with van der Waals surface area (Å²) in [4.78, 5) is 21.9. The molecular formula is C8H12N4O4. The van der Waals surface area contributed by atoms with Crippen LogP contribution >= 0.6 is 0 Å². The third-order valence-corrected chi connectivity index (χ3v) is 1.79. The van der Waals surface area contributed by atoms with E-state index in [2.05, 4.69) is 25.0 Å². The average molecular weight is 228 g/mol. The molecule has 1 amide bonds. The van der Waals surface area contributed by atoms with Gasteiger partial charge in [0.25, 0.3) is 0 Å². The van der Waals surface area contributed by atoms with E-state index < -0.39 is 12.1 Å². The van der Waals surface area contributed by atoms with Crippen molar-refractivity contribution in [2.45, 2.75) is 6.54 Å². The van der Waals surface area contributed by atoms with E-state index >= 15 is 0 Å². The summed E-state index contributed by atoms with van der Waals surface area (Å²) in [5, 5.41) is 9.64. The largest absolute Gasteiger partial charge is 0.463 e. The van der Waals surface area contributed by atoms with Crippen LogP contribution in [0.2, 0.25) is 0 Å². The molecule has 1 aromatic rings. The first kappa shape index (κ1) is 12.0. The Balaban J connectivity index is 2.51. The number of carbonyl (C=O) groups is 2. The molecule has 0 aliphatic heterocycles. The predicted molar refractivity (Wildman–Crippen MR) is 51.8 cm³/mol. The second kappa shape index (κ2) is 5.69. The lowest BCUT2D eigenvalue weighted by atomic mass is 10.5. The first-order valence-electron chi connectivity index (χ1n) is 4.47. The number of rotatable bonds is 4. The summed E-state index contributed by atoms with van der Waals surface area (Å²) in [6, 6.07) is 0. The molecule has 0 fully saturated rings. The first-order chi connectivity index (χ1) is 7.69. The van der Waals surface area contributed by atoms with Gasteiger partial charge in [0.1, 0.15) is 6.33 Å². The fourth-order valence-corrected chi connectivity index (χ4v) is 1.02. The van der Waals surface area contributed by atoms with Crippen LogP contribution in [0.4, 0.5) is 4.79 Å². The molecule has 8 nitrogen and oxygen atoms in total. The summed E-state index contributed by atoms with van der Waals surface area (Å²) in [6.07, 6.45) is 0.846. The van der Waals surface area contributed by atoms with Crippen LogP contribution < -0.4 is 5.32 Å². The molecule has 0 bridgehead atoms. The van der Waals surface area contributed by atoms with Crippen molar-refractivity contribution in [3.63, 3.8) is 0 Å². The number of esters is 1. The molecule has 0 aliphatic carbocycles. The summed E-state index contributed by atoms with van der Waals surface area (Å²) in [5.41, 5.74) is 0. The molecule has 0 aliphatic rings. The Morgan fingerprint density at radius 3 is 2.81 bits per heavy atom. The molecule has 16 heavy (non-hydrogen) atoms. The minimum absolute atomic E-state index is 0.0918. The second-order valence-corrected chi connectivity index (χ2v) is 2.76. The van der Waals surface area contributed by atoms with E-state index in [9.17, 15) is 9.59 Å². The van der Waals surface area contributed by atoms with Crippen molar-refractivity contribution in [3.05, 3.63) is 12.2 Å². The number of aromatic nitrogens is 3. The minimum atomic E-state index is -0.574. The van der Waals surface area contributed by atoms with Gasteiger partial charge in [0.05, 0.1) is 14.2 Å². The predicted octanol–water partition coefficient (Wildman–Crippen LogP) is -0.579. The van der Waals surface area contributed by atoms with E-state index in [1.165, 1.54) is 25.1 Å². The molecule has 0 unspecified atom stereocenters. The van der Waals surface area contributed by atoms with Gasteiger partial charge < -0.3 is 19.4 Å². The SMILES string of the molecule is COC(=O)NCCn1cnnc1C(=O)OC. The number of hydrogen-bond acceptors (Lipinski definition) is 6. The molecule has 1 heterocycles. The second-order valence-electron chi connectivity index (χ2n) is 2.76. The molecule has 0 atom stereocenters. The van der Waals surface area contributed by atoms with Crippen molar-refractivity contribution in [1.29, 1.82) is 0 Å². The molecule has 0 aromatic carbocycles. The standard InChI is InChI=1S/C8H12N4O4/c1-15-7(13)6-11-10-5-12(6)4-3-9-8(14)16-2/h5H,3-4H2,1-2H3,(H,9,14). The monoisotopic (exact) mass is 228 g/mol. The highest BCUT2D eigenvalue weighted by Gasteiger charge is 2.13. The van der Waals surface area contributed by atoms with Crippen molar-refractivity contribution in [3.8, 4) is 0 Å². The quantitative estimate of drug-likeness (QED) is 0.693. The van der Waals surface area contributed by atoms with Crippen molar-refractivity contribution in [2.75, 3.05) is 20.8 Å². The normalized spacial score (nSPS) is 9.62. The maximum absolute atomic E-state index is 11.2. The van der Waals surface area contributed by atoms with Gasteiger partial charge in [-0.3, -0.25) is 0 Å². The number of methoxy groups -OCH3 is 2. The van der Waals surface area contributed by atoms with Gasteiger partial charge in [-0.15, -0.1) is 10.2 Å². The van der Waals surface area contributed by atoms with Crippen molar-refractivity contribution >= 4 is 12.1 Å². The summed E-state index contributed by atoms with van der Waals surface area (Å²) in [7, 11) is 2.53. The highest BCUT2D eigenvalue weighted by atomic mass is 16.5. The van der Waals surface area contributed by atoms with Gasteiger partial charge in [0, 0.05) is 13.1 Å². The van der Waals surface area contributed by atoms with Crippen LogP contribution in [-0.2, 0) is 16.0 Å². The Morgan fingerprint density at radius 1 is 1.44 bits per heavy atom. The molecule has 0 radical (unpaired) electrons. The summed E-state index contributed by atoms with van der Waals surface area (Å²) in [5.74, 6) is -0.482. The maximum atomic E-state index is 11.2. The summed E-state index contributed by atoms with van der Waals surface area (Å²) >= 11 is 0. The van der Waals surface area contributed by atoms with Gasteiger partial charge in [0.2, 0.25) is 5.82 Å². The van der Waals surface area contributed by atoms with Gasteiger partial charge in [-0.2, -0.15) is 0 Å². The topological polar surface area (TPSA) is 95.3 Å². The molecule has 0 spiro atoms. The number of amides is 1. The van der Waals surface area contributed by atoms with Crippen molar-refractivity contribution < 1.29 is 19.1 Å². The van der Waals surface area contributed by atoms with Crippen LogP contribution in [0.25, 0.3) is 0 Å². The highest BCUT2D eigenvalue weighted by Crippen LogP contribution is 1.96. The smallest absolute Gasteiger partial charge is 0.406 e. The van der Waals surface area contributed by atoms with E-state index in [1.807, 2.05) is 0 Å². The number of nitrogens with one attached hydrogen (secondary N) is 1. The molecule has 1 aromatic heterocycles. The molecule has 1 N–H and O–H groups in total. The zero-order valence-corrected chi connectivity index (χ0v) is 8.97. The van der Waals surface area contributed by atoms with E-state index in [1.54, 1.807) is 0 Å². The Morgan fingerprint density at radius 2 is 2.19 bits per heavy atom. The van der Waals surface area contributed by atoms with Gasteiger partial charge in [-0.25, -0.2) is 9.59 Å². The molecule has 8 heteroatoms. The summed E-state index contributed by atoms with van der Waals surface area (Å²) < 4.78 is 10.4. The molecular weight excluding hydrogens is 216 g/mol. The van der Waals surface area contributed by atoms with Crippen LogP contribution in [0.5, 0.6) is 0 Å². The van der Waals surface area contributed by atoms with Gasteiger partial charge in [0.15, 0.2) is 0 Å².